The van der Waals surface area contributed by atoms with Gasteiger partial charge in [0.2, 0.25) is 0 Å². The van der Waals surface area contributed by atoms with E-state index in [4.69, 9.17) is 20.3 Å². The molecular formula is C13H22N2O3. The van der Waals surface area contributed by atoms with E-state index in [0.29, 0.717) is 25.5 Å². The Morgan fingerprint density at radius 3 is 2.61 bits per heavy atom. The molecule has 1 rings (SSSR count). The van der Waals surface area contributed by atoms with E-state index in [1.54, 1.807) is 0 Å². The second-order valence-corrected chi connectivity index (χ2v) is 4.03. The van der Waals surface area contributed by atoms with Crippen molar-refractivity contribution in [1.29, 1.82) is 0 Å². The average molecular weight is 254 g/mol. The number of nitrogens with zero attached hydrogens (tertiary/aromatic N) is 1. The number of nitrogens with two attached hydrogens (primary N) is 1. The van der Waals surface area contributed by atoms with E-state index in [2.05, 4.69) is 4.90 Å². The van der Waals surface area contributed by atoms with Crippen LogP contribution in [0.2, 0.25) is 0 Å². The molecule has 0 amide bonds. The number of aliphatic hydroxyl groups excluding tert-OH is 1. The third kappa shape index (κ3) is 5.86. The Labute approximate surface area is 108 Å². The van der Waals surface area contributed by atoms with Gasteiger partial charge in [-0.05, 0) is 19.2 Å². The minimum Gasteiger partial charge on any atom is -0.490 e. The molecule has 102 valence electrons. The third-order valence-electron chi connectivity index (χ3n) is 2.50. The van der Waals surface area contributed by atoms with Crippen LogP contribution >= 0.6 is 0 Å². The summed E-state index contributed by atoms with van der Waals surface area (Å²) in [7, 11) is 2.00. The molecule has 0 atom stereocenters. The highest BCUT2D eigenvalue weighted by Gasteiger charge is 2.01. The highest BCUT2D eigenvalue weighted by atomic mass is 16.5. The molecule has 0 saturated carbocycles. The van der Waals surface area contributed by atoms with Gasteiger partial charge in [0.15, 0.2) is 0 Å². The Hall–Kier alpha value is -1.30. The number of rotatable bonds is 9. The number of ether oxygens (including phenoxy) is 2. The molecule has 1 aromatic carbocycles. The van der Waals surface area contributed by atoms with E-state index in [0.717, 1.165) is 18.8 Å². The fourth-order valence-electron chi connectivity index (χ4n) is 1.42. The summed E-state index contributed by atoms with van der Waals surface area (Å²) in [5.41, 5.74) is 6.43. The van der Waals surface area contributed by atoms with E-state index in [-0.39, 0.29) is 6.61 Å². The van der Waals surface area contributed by atoms with Crippen LogP contribution in [0.5, 0.6) is 5.75 Å². The molecule has 0 heterocycles. The summed E-state index contributed by atoms with van der Waals surface area (Å²) in [6.45, 7) is 3.28. The largest absolute Gasteiger partial charge is 0.490 e. The van der Waals surface area contributed by atoms with E-state index in [9.17, 15) is 0 Å². The van der Waals surface area contributed by atoms with Gasteiger partial charge in [-0.2, -0.15) is 0 Å². The zero-order valence-electron chi connectivity index (χ0n) is 10.8. The molecule has 0 unspecified atom stereocenters. The molecule has 0 aromatic heterocycles. The maximum absolute atomic E-state index is 8.55. The molecule has 0 fully saturated rings. The van der Waals surface area contributed by atoms with Crippen molar-refractivity contribution in [3.8, 4) is 5.75 Å². The molecule has 0 aliphatic rings. The van der Waals surface area contributed by atoms with E-state index in [1.165, 1.54) is 0 Å². The van der Waals surface area contributed by atoms with Gasteiger partial charge in [-0.1, -0.05) is 12.1 Å². The van der Waals surface area contributed by atoms with Gasteiger partial charge in [-0.15, -0.1) is 0 Å². The van der Waals surface area contributed by atoms with Crippen LogP contribution in [-0.4, -0.2) is 56.6 Å². The highest BCUT2D eigenvalue weighted by molar-refractivity contribution is 5.51. The van der Waals surface area contributed by atoms with Gasteiger partial charge in [-0.25, -0.2) is 0 Å². The molecule has 0 saturated heterocycles. The fourth-order valence-corrected chi connectivity index (χ4v) is 1.42. The summed E-state index contributed by atoms with van der Waals surface area (Å²) in [5.74, 6) is 0.724. The molecule has 0 spiro atoms. The van der Waals surface area contributed by atoms with Crippen molar-refractivity contribution < 1.29 is 14.6 Å². The molecular weight excluding hydrogens is 232 g/mol. The number of para-hydroxylation sites is 2. The number of nitrogen functional groups attached to an aromatic ring is 1. The van der Waals surface area contributed by atoms with Gasteiger partial charge in [0, 0.05) is 13.1 Å². The van der Waals surface area contributed by atoms with E-state index in [1.807, 2.05) is 31.3 Å². The second kappa shape index (κ2) is 8.74. The normalized spacial score (nSPS) is 10.8. The number of hydrogen-bond donors (Lipinski definition) is 2. The standard InChI is InChI=1S/C13H22N2O3/c1-15(6-9-17-11-8-16)7-10-18-13-5-3-2-4-12(13)14/h2-5,16H,6-11,14H2,1H3. The van der Waals surface area contributed by atoms with Gasteiger partial charge >= 0.3 is 0 Å². The van der Waals surface area contributed by atoms with Gasteiger partial charge in [0.05, 0.1) is 25.5 Å². The maximum Gasteiger partial charge on any atom is 0.142 e. The molecule has 0 radical (unpaired) electrons. The first-order valence-electron chi connectivity index (χ1n) is 6.08. The minimum atomic E-state index is 0.0696. The van der Waals surface area contributed by atoms with Crippen molar-refractivity contribution in [3.05, 3.63) is 24.3 Å². The molecule has 1 aromatic rings. The van der Waals surface area contributed by atoms with Crippen molar-refractivity contribution in [2.75, 3.05) is 52.3 Å². The van der Waals surface area contributed by atoms with Crippen LogP contribution in [0.15, 0.2) is 24.3 Å². The molecule has 5 nitrogen and oxygen atoms in total. The van der Waals surface area contributed by atoms with Crippen LogP contribution < -0.4 is 10.5 Å². The fraction of sp³-hybridized carbons (Fsp3) is 0.538. The molecule has 5 heteroatoms. The van der Waals surface area contributed by atoms with Crippen molar-refractivity contribution in [1.82, 2.24) is 4.90 Å². The molecule has 3 N–H and O–H groups in total. The number of anilines is 1. The summed E-state index contributed by atoms with van der Waals surface area (Å²) in [6.07, 6.45) is 0. The molecule has 0 bridgehead atoms. The third-order valence-corrected chi connectivity index (χ3v) is 2.50. The summed E-state index contributed by atoms with van der Waals surface area (Å²) in [5, 5.41) is 8.55. The van der Waals surface area contributed by atoms with Crippen LogP contribution in [0.25, 0.3) is 0 Å². The number of benzene rings is 1. The Bertz CT molecular complexity index is 334. The first kappa shape index (κ1) is 14.8. The predicted molar refractivity (Wildman–Crippen MR) is 71.8 cm³/mol. The van der Waals surface area contributed by atoms with Crippen molar-refractivity contribution in [2.45, 2.75) is 0 Å². The van der Waals surface area contributed by atoms with Crippen LogP contribution in [0.4, 0.5) is 5.69 Å². The Morgan fingerprint density at radius 1 is 1.17 bits per heavy atom. The highest BCUT2D eigenvalue weighted by Crippen LogP contribution is 2.19. The lowest BCUT2D eigenvalue weighted by Crippen LogP contribution is -2.28. The second-order valence-electron chi connectivity index (χ2n) is 4.03. The topological polar surface area (TPSA) is 68.0 Å². The van der Waals surface area contributed by atoms with E-state index < -0.39 is 0 Å². The first-order valence-corrected chi connectivity index (χ1v) is 6.08. The van der Waals surface area contributed by atoms with Crippen LogP contribution in [0.3, 0.4) is 0 Å². The first-order chi connectivity index (χ1) is 8.74. The lowest BCUT2D eigenvalue weighted by Gasteiger charge is -2.17. The zero-order chi connectivity index (χ0) is 13.2. The Balaban J connectivity index is 2.12. The monoisotopic (exact) mass is 254 g/mol. The summed E-state index contributed by atoms with van der Waals surface area (Å²) >= 11 is 0. The van der Waals surface area contributed by atoms with Crippen molar-refractivity contribution in [3.63, 3.8) is 0 Å². The van der Waals surface area contributed by atoms with Crippen LogP contribution in [0.1, 0.15) is 0 Å². The van der Waals surface area contributed by atoms with Crippen molar-refractivity contribution in [2.24, 2.45) is 0 Å². The predicted octanol–water partition coefficient (Wildman–Crippen LogP) is 0.588. The summed E-state index contributed by atoms with van der Waals surface area (Å²) in [6, 6.07) is 7.46. The van der Waals surface area contributed by atoms with Gasteiger partial charge in [-0.3, -0.25) is 0 Å². The SMILES string of the molecule is CN(CCOCCO)CCOc1ccccc1N. The van der Waals surface area contributed by atoms with Gasteiger partial charge in [0.25, 0.3) is 0 Å². The van der Waals surface area contributed by atoms with Gasteiger partial charge in [0.1, 0.15) is 12.4 Å². The van der Waals surface area contributed by atoms with E-state index >= 15 is 0 Å². The van der Waals surface area contributed by atoms with Crippen molar-refractivity contribution >= 4 is 5.69 Å². The molecule has 0 aliphatic carbocycles. The Morgan fingerprint density at radius 2 is 1.89 bits per heavy atom. The lowest BCUT2D eigenvalue weighted by molar-refractivity contribution is 0.0760. The number of aliphatic hydroxyl groups is 1. The molecule has 0 aliphatic heterocycles. The zero-order valence-corrected chi connectivity index (χ0v) is 10.8. The van der Waals surface area contributed by atoms with Crippen LogP contribution in [0, 0.1) is 0 Å². The number of hydrogen-bond acceptors (Lipinski definition) is 5. The van der Waals surface area contributed by atoms with Gasteiger partial charge < -0.3 is 25.2 Å². The maximum atomic E-state index is 8.55. The summed E-state index contributed by atoms with van der Waals surface area (Å²) < 4.78 is 10.8. The quantitative estimate of drug-likeness (QED) is 0.498. The average Bonchev–Trinajstić information content (AvgIpc) is 2.37. The Kier molecular flexibility index (Phi) is 7.17. The smallest absolute Gasteiger partial charge is 0.142 e. The molecule has 18 heavy (non-hydrogen) atoms. The number of likely N-dealkylation sites (N-methyl/N-ethyl adjacent to an activating group) is 1. The minimum absolute atomic E-state index is 0.0696. The van der Waals surface area contributed by atoms with Crippen LogP contribution in [-0.2, 0) is 4.74 Å². The summed E-state index contributed by atoms with van der Waals surface area (Å²) in [4.78, 5) is 2.11. The lowest BCUT2D eigenvalue weighted by atomic mass is 10.3.